The highest BCUT2D eigenvalue weighted by Crippen LogP contribution is 2.33. The van der Waals surface area contributed by atoms with Gasteiger partial charge in [-0.25, -0.2) is 4.98 Å². The summed E-state index contributed by atoms with van der Waals surface area (Å²) in [6.45, 7) is 17.4. The monoisotopic (exact) mass is 1170 g/mol. The average molecular weight is 1170 g/mol. The maximum Gasteiger partial charge on any atom is 0.373 e. The molecule has 1 saturated heterocycles. The number of nitrogens with zero attached hydrogens (tertiary/aromatic N) is 3. The molecule has 1 aliphatic rings. The number of aromatic nitrogens is 1. The van der Waals surface area contributed by atoms with Crippen molar-refractivity contribution < 1.29 is 81.5 Å². The van der Waals surface area contributed by atoms with E-state index in [1.54, 1.807) is 29.5 Å². The molecule has 5 amide bonds. The Labute approximate surface area is 485 Å². The number of rotatable bonds is 35. The van der Waals surface area contributed by atoms with E-state index in [9.17, 15) is 38.7 Å². The lowest BCUT2D eigenvalue weighted by atomic mass is 9.83. The molecule has 1 fully saturated rings. The molecule has 82 heavy (non-hydrogen) atoms. The van der Waals surface area contributed by atoms with Crippen LogP contribution >= 0.6 is 11.3 Å². The van der Waals surface area contributed by atoms with E-state index in [1.165, 1.54) is 24.3 Å². The number of phenols is 1. The van der Waals surface area contributed by atoms with Gasteiger partial charge in [-0.2, -0.15) is 19.2 Å². The number of amides is 5. The second-order valence-electron chi connectivity index (χ2n) is 19.6. The zero-order chi connectivity index (χ0) is 61.4. The number of anilines is 1. The molecule has 24 nitrogen and oxygen atoms in total. The summed E-state index contributed by atoms with van der Waals surface area (Å²) in [5, 5.41) is 23.4. The third kappa shape index (κ3) is 29.8. The van der Waals surface area contributed by atoms with Crippen molar-refractivity contribution in [3.8, 4) is 17.6 Å². The number of ketones is 1. The summed E-state index contributed by atoms with van der Waals surface area (Å²) in [5.74, 6) is 1.28. The van der Waals surface area contributed by atoms with Gasteiger partial charge in [-0.1, -0.05) is 59.9 Å². The molecule has 0 spiro atoms. The molecule has 6 atom stereocenters. The molecule has 1 aliphatic heterocycles. The summed E-state index contributed by atoms with van der Waals surface area (Å²) >= 11 is 1.21. The zero-order valence-corrected chi connectivity index (χ0v) is 49.7. The number of nitrogens with one attached hydrogen (secondary N) is 4. The minimum absolute atomic E-state index is 0.00612. The van der Waals surface area contributed by atoms with Gasteiger partial charge in [0.1, 0.15) is 16.5 Å². The summed E-state index contributed by atoms with van der Waals surface area (Å²) in [7, 11) is 3.74. The number of phenolic OH excluding ortho intramolecular Hbond substituents is 1. The molecule has 2 heterocycles. The highest BCUT2D eigenvalue weighted by atomic mass is 32.1. The second-order valence-corrected chi connectivity index (χ2v) is 20.5. The second kappa shape index (κ2) is 43.0. The Kier molecular flexibility index (Phi) is 38.4. The highest BCUT2D eigenvalue weighted by Gasteiger charge is 2.37. The molecule has 0 unspecified atom stereocenters. The first-order valence-corrected chi connectivity index (χ1v) is 28.5. The van der Waals surface area contributed by atoms with Gasteiger partial charge >= 0.3 is 18.3 Å². The number of hydrogen-bond acceptors (Lipinski definition) is 20. The van der Waals surface area contributed by atoms with Crippen LogP contribution in [-0.2, 0) is 78.1 Å². The number of likely N-dealkylation sites (N-methyl/N-ethyl adjacent to an activating group) is 1. The van der Waals surface area contributed by atoms with Crippen molar-refractivity contribution in [2.45, 2.75) is 124 Å². The van der Waals surface area contributed by atoms with E-state index in [-0.39, 0.29) is 136 Å². The fourth-order valence-electron chi connectivity index (χ4n) is 8.68. The van der Waals surface area contributed by atoms with Crippen molar-refractivity contribution in [2.24, 2.45) is 23.7 Å². The van der Waals surface area contributed by atoms with Crippen LogP contribution in [0, 0.1) is 35.5 Å². The molecule has 0 radical (unpaired) electrons. The molecular formula is C57H85N7O17S. The van der Waals surface area contributed by atoms with Crippen molar-refractivity contribution in [2.75, 3.05) is 98.4 Å². The van der Waals surface area contributed by atoms with Gasteiger partial charge in [-0.15, -0.1) is 11.3 Å². The number of carbonyl (C=O) groups excluding carboxylic acids is 11. The van der Waals surface area contributed by atoms with Crippen molar-refractivity contribution in [1.29, 1.82) is 0 Å². The van der Waals surface area contributed by atoms with Crippen molar-refractivity contribution in [1.82, 2.24) is 30.7 Å². The Balaban J connectivity index is 0.00000535. The highest BCUT2D eigenvalue weighted by molar-refractivity contribution is 7.09. The summed E-state index contributed by atoms with van der Waals surface area (Å²) in [6.07, 6.45) is 4.96. The van der Waals surface area contributed by atoms with E-state index in [2.05, 4.69) is 43.0 Å². The van der Waals surface area contributed by atoms with E-state index >= 15 is 0 Å². The van der Waals surface area contributed by atoms with Crippen LogP contribution in [0.3, 0.4) is 0 Å². The van der Waals surface area contributed by atoms with E-state index in [0.29, 0.717) is 50.8 Å². The number of esters is 1. The Morgan fingerprint density at radius 3 is 1.98 bits per heavy atom. The van der Waals surface area contributed by atoms with Gasteiger partial charge in [-0.3, -0.25) is 38.5 Å². The van der Waals surface area contributed by atoms with E-state index in [0.717, 1.165) is 37.8 Å². The Morgan fingerprint density at radius 2 is 1.43 bits per heavy atom. The fraction of sp³-hybridized carbons (Fsp3) is 0.649. The SMILES string of the molecule is CCOCCOCCNC(=O)C#CC(=O)NCCOCCOCCC(=O)Nc1cc(C[C@@H](CC)CNC(=O)c2csc([C@@H](C[C@H](C(C)C)N(C)C(=O)[C@@H](CC(=O)[C@H]3CCCCN3C)[C@@H](C)CC)OC(C)=O)n2)ccc1O.O=C=O.O=C=O. The van der Waals surface area contributed by atoms with Crippen LogP contribution in [-0.4, -0.2) is 179 Å². The topological polar surface area (TPSA) is 322 Å². The van der Waals surface area contributed by atoms with Gasteiger partial charge in [0.05, 0.1) is 64.4 Å². The summed E-state index contributed by atoms with van der Waals surface area (Å²) in [4.78, 5) is 131. The number of piperidine rings is 1. The third-order valence-electron chi connectivity index (χ3n) is 13.4. The first kappa shape index (κ1) is 73.3. The van der Waals surface area contributed by atoms with E-state index < -0.39 is 35.7 Å². The van der Waals surface area contributed by atoms with Crippen LogP contribution in [0.5, 0.6) is 5.75 Å². The minimum atomic E-state index is -0.824. The van der Waals surface area contributed by atoms with Crippen LogP contribution in [0.1, 0.15) is 127 Å². The quantitative estimate of drug-likeness (QED) is 0.0283. The number of carbonyl (C=O) groups is 7. The molecule has 1 aromatic carbocycles. The van der Waals surface area contributed by atoms with Crippen LogP contribution in [0.4, 0.5) is 5.69 Å². The maximum atomic E-state index is 14.3. The number of ether oxygens (including phenoxy) is 5. The third-order valence-corrected chi connectivity index (χ3v) is 14.3. The first-order valence-electron chi connectivity index (χ1n) is 27.6. The van der Waals surface area contributed by atoms with E-state index in [1.807, 2.05) is 48.6 Å². The van der Waals surface area contributed by atoms with E-state index in [4.69, 9.17) is 42.9 Å². The van der Waals surface area contributed by atoms with Crippen LogP contribution in [0.25, 0.3) is 0 Å². The zero-order valence-electron chi connectivity index (χ0n) is 48.9. The molecule has 1 aromatic heterocycles. The molecule has 25 heteroatoms. The van der Waals surface area contributed by atoms with Gasteiger partial charge in [-0.05, 0) is 75.2 Å². The Bertz CT molecular complexity index is 2400. The first-order chi connectivity index (χ1) is 39.2. The molecule has 2 aromatic rings. The Hall–Kier alpha value is -6.74. The molecule has 0 aliphatic carbocycles. The van der Waals surface area contributed by atoms with Crippen molar-refractivity contribution >= 4 is 70.6 Å². The summed E-state index contributed by atoms with van der Waals surface area (Å²) in [6, 6.07) is 4.43. The van der Waals surface area contributed by atoms with Crippen molar-refractivity contribution in [3.05, 3.63) is 39.8 Å². The predicted octanol–water partition coefficient (Wildman–Crippen LogP) is 3.91. The largest absolute Gasteiger partial charge is 0.506 e. The summed E-state index contributed by atoms with van der Waals surface area (Å²) in [5.41, 5.74) is 1.26. The molecule has 456 valence electrons. The van der Waals surface area contributed by atoms with Crippen LogP contribution < -0.4 is 21.3 Å². The average Bonchev–Trinajstić information content (AvgIpc) is 4.06. The number of likely N-dealkylation sites (tertiary alicyclic amines) is 1. The van der Waals surface area contributed by atoms with Gasteiger partial charge in [0.15, 0.2) is 11.9 Å². The summed E-state index contributed by atoms with van der Waals surface area (Å²) < 4.78 is 27.2. The van der Waals surface area contributed by atoms with Gasteiger partial charge in [0, 0.05) is 82.2 Å². The molecule has 0 saturated carbocycles. The number of benzene rings is 1. The lowest BCUT2D eigenvalue weighted by Crippen LogP contribution is -2.48. The number of Topliss-reactive ketones (excluding diaryl/α,β-unsaturated/α-hetero) is 1. The van der Waals surface area contributed by atoms with Crippen LogP contribution in [0.15, 0.2) is 23.6 Å². The fourth-order valence-corrected chi connectivity index (χ4v) is 9.52. The lowest BCUT2D eigenvalue weighted by Gasteiger charge is -2.37. The molecule has 5 N–H and O–H groups in total. The lowest BCUT2D eigenvalue weighted by molar-refractivity contribution is -0.193. The maximum absolute atomic E-state index is 14.3. The number of aromatic hydroxyl groups is 1. The predicted molar refractivity (Wildman–Crippen MR) is 299 cm³/mol. The molecular weight excluding hydrogens is 1090 g/mol. The normalized spacial score (nSPS) is 14.6. The molecule has 0 bridgehead atoms. The minimum Gasteiger partial charge on any atom is -0.506 e. The van der Waals surface area contributed by atoms with Crippen molar-refractivity contribution in [3.63, 3.8) is 0 Å². The van der Waals surface area contributed by atoms with Crippen LogP contribution in [0.2, 0.25) is 0 Å². The number of hydrogen-bond donors (Lipinski definition) is 5. The van der Waals surface area contributed by atoms with Gasteiger partial charge in [0.25, 0.3) is 17.7 Å². The van der Waals surface area contributed by atoms with Gasteiger partial charge < -0.3 is 55.0 Å². The Morgan fingerprint density at radius 1 is 0.829 bits per heavy atom. The van der Waals surface area contributed by atoms with Gasteiger partial charge in [0.2, 0.25) is 11.8 Å². The standard InChI is InChI=1S/C55H85N7O13S.2CO2/c1-10-38(6)42(33-48(65)45-15-13-14-23-61(45)8)55(70)62(9)46(37(4)5)34-49(75-39(7)63)54-60-44(36-76-54)53(69)58-35-40(11-2)31-41-16-17-47(64)43(32-41)59-52(68)20-24-72-29-30-74-26-22-57-51(67)19-18-50(66)56-21-25-73-28-27-71-12-3;2*2-1-3/h16-17,32,36-38,40,42,45-46,49,64H,10-15,20-31,33-35H2,1-9H3,(H,56,66)(H,57,67)(H,58,69)(H,59,68);;/t38-,40+,42-,45+,46+,49+;;/m0../s1. The molecule has 3 rings (SSSR count). The smallest absolute Gasteiger partial charge is 0.373 e. The number of thiazole rings is 1.